The number of amides is 1. The number of carbonyl (C=O) groups excluding carboxylic acids is 1. The predicted molar refractivity (Wildman–Crippen MR) is 89.8 cm³/mol. The van der Waals surface area contributed by atoms with Gasteiger partial charge in [-0.1, -0.05) is 6.07 Å². The summed E-state index contributed by atoms with van der Waals surface area (Å²) in [5, 5.41) is 0. The van der Waals surface area contributed by atoms with Gasteiger partial charge in [0.25, 0.3) is 5.91 Å². The van der Waals surface area contributed by atoms with Gasteiger partial charge in [0.2, 0.25) is 0 Å². The summed E-state index contributed by atoms with van der Waals surface area (Å²) in [7, 11) is 0. The Kier molecular flexibility index (Phi) is 4.36. The lowest BCUT2D eigenvalue weighted by molar-refractivity contribution is 0.0432. The van der Waals surface area contributed by atoms with Crippen LogP contribution in [0.1, 0.15) is 40.7 Å². The molecule has 1 aliphatic carbocycles. The molecule has 2 fully saturated rings. The number of rotatable bonds is 3. The summed E-state index contributed by atoms with van der Waals surface area (Å²) in [4.78, 5) is 17.2. The Balaban J connectivity index is 1.33. The minimum Gasteiger partial charge on any atom is -0.377 e. The van der Waals surface area contributed by atoms with Gasteiger partial charge < -0.3 is 9.64 Å². The fraction of sp³-hybridized carbons (Fsp3) is 0.632. The van der Waals surface area contributed by atoms with E-state index in [-0.39, 0.29) is 5.91 Å². The maximum absolute atomic E-state index is 12.7. The van der Waals surface area contributed by atoms with Crippen molar-refractivity contribution < 1.29 is 9.53 Å². The van der Waals surface area contributed by atoms with Crippen molar-refractivity contribution in [1.29, 1.82) is 0 Å². The van der Waals surface area contributed by atoms with E-state index in [1.54, 1.807) is 0 Å². The third-order valence-electron chi connectivity index (χ3n) is 5.49. The molecule has 4 rings (SSSR count). The van der Waals surface area contributed by atoms with Crippen molar-refractivity contribution in [3.63, 3.8) is 0 Å². The number of benzene rings is 1. The van der Waals surface area contributed by atoms with Gasteiger partial charge in [0.05, 0.1) is 6.10 Å². The van der Waals surface area contributed by atoms with Crippen molar-refractivity contribution in [2.24, 2.45) is 0 Å². The highest BCUT2D eigenvalue weighted by atomic mass is 16.5. The van der Waals surface area contributed by atoms with Gasteiger partial charge >= 0.3 is 0 Å². The summed E-state index contributed by atoms with van der Waals surface area (Å²) >= 11 is 0. The molecule has 0 aromatic heterocycles. The number of aryl methyl sites for hydroxylation is 2. The summed E-state index contributed by atoms with van der Waals surface area (Å²) in [6, 6.07) is 6.30. The lowest BCUT2D eigenvalue weighted by Gasteiger charge is -2.35. The molecule has 0 bridgehead atoms. The molecule has 0 saturated carbocycles. The van der Waals surface area contributed by atoms with E-state index in [9.17, 15) is 4.79 Å². The maximum atomic E-state index is 12.7. The Bertz CT molecular complexity index is 573. The molecule has 4 nitrogen and oxygen atoms in total. The number of nitrogens with zero attached hydrogens (tertiary/aromatic N) is 2. The van der Waals surface area contributed by atoms with Crippen molar-refractivity contribution in [2.45, 2.75) is 38.2 Å². The largest absolute Gasteiger partial charge is 0.377 e. The number of carbonyl (C=O) groups is 1. The van der Waals surface area contributed by atoms with Crippen molar-refractivity contribution in [3.05, 3.63) is 34.9 Å². The van der Waals surface area contributed by atoms with Gasteiger partial charge in [-0.15, -0.1) is 0 Å². The molecular formula is C19H26N2O2. The summed E-state index contributed by atoms with van der Waals surface area (Å²) in [6.45, 7) is 5.56. The molecule has 0 spiro atoms. The maximum Gasteiger partial charge on any atom is 0.253 e. The number of ether oxygens (including phenoxy) is 1. The van der Waals surface area contributed by atoms with Gasteiger partial charge in [0.15, 0.2) is 0 Å². The average molecular weight is 314 g/mol. The molecule has 1 aromatic rings. The molecule has 1 amide bonds. The van der Waals surface area contributed by atoms with Gasteiger partial charge in [-0.2, -0.15) is 0 Å². The average Bonchev–Trinajstić information content (AvgIpc) is 3.25. The van der Waals surface area contributed by atoms with E-state index < -0.39 is 0 Å². The summed E-state index contributed by atoms with van der Waals surface area (Å²) in [5.74, 6) is 0.205. The highest BCUT2D eigenvalue weighted by molar-refractivity contribution is 5.94. The van der Waals surface area contributed by atoms with Crippen LogP contribution in [0.5, 0.6) is 0 Å². The van der Waals surface area contributed by atoms with E-state index in [2.05, 4.69) is 17.0 Å². The fourth-order valence-corrected chi connectivity index (χ4v) is 4.10. The first-order valence-electron chi connectivity index (χ1n) is 9.04. The van der Waals surface area contributed by atoms with E-state index in [4.69, 9.17) is 4.74 Å². The summed E-state index contributed by atoms with van der Waals surface area (Å²) < 4.78 is 5.72. The van der Waals surface area contributed by atoms with Crippen LogP contribution in [-0.2, 0) is 17.6 Å². The van der Waals surface area contributed by atoms with Crippen LogP contribution in [0.3, 0.4) is 0 Å². The van der Waals surface area contributed by atoms with Gasteiger partial charge in [0.1, 0.15) is 0 Å². The van der Waals surface area contributed by atoms with E-state index in [1.807, 2.05) is 11.0 Å². The second kappa shape index (κ2) is 6.62. The van der Waals surface area contributed by atoms with Crippen LogP contribution in [-0.4, -0.2) is 61.1 Å². The van der Waals surface area contributed by atoms with Crippen molar-refractivity contribution in [3.8, 4) is 0 Å². The van der Waals surface area contributed by atoms with Crippen molar-refractivity contribution in [1.82, 2.24) is 9.80 Å². The van der Waals surface area contributed by atoms with Crippen LogP contribution in [0.4, 0.5) is 0 Å². The zero-order valence-electron chi connectivity index (χ0n) is 13.8. The molecule has 0 unspecified atom stereocenters. The lowest BCUT2D eigenvalue weighted by Crippen LogP contribution is -2.50. The SMILES string of the molecule is O=C(c1ccc2c(c1)CCC2)N1CCN(C[C@@H]2CCCO2)CC1. The second-order valence-electron chi connectivity index (χ2n) is 7.06. The van der Waals surface area contributed by atoms with Gasteiger partial charge in [-0.3, -0.25) is 9.69 Å². The molecule has 0 radical (unpaired) electrons. The predicted octanol–water partition coefficient (Wildman–Crippen LogP) is 2.11. The first-order valence-corrected chi connectivity index (χ1v) is 9.04. The third kappa shape index (κ3) is 3.29. The molecule has 124 valence electrons. The molecule has 0 N–H and O–H groups in total. The van der Waals surface area contributed by atoms with Gasteiger partial charge in [-0.25, -0.2) is 0 Å². The van der Waals surface area contributed by atoms with Gasteiger partial charge in [0, 0.05) is 44.9 Å². The summed E-state index contributed by atoms with van der Waals surface area (Å²) in [5.41, 5.74) is 3.69. The lowest BCUT2D eigenvalue weighted by atomic mass is 10.1. The summed E-state index contributed by atoms with van der Waals surface area (Å²) in [6.07, 6.45) is 6.33. The molecule has 3 aliphatic rings. The van der Waals surface area contributed by atoms with Crippen LogP contribution >= 0.6 is 0 Å². The first-order chi connectivity index (χ1) is 11.3. The zero-order chi connectivity index (χ0) is 15.6. The molecule has 23 heavy (non-hydrogen) atoms. The van der Waals surface area contributed by atoms with E-state index in [1.165, 1.54) is 36.8 Å². The number of fused-ring (bicyclic) bond motifs is 1. The van der Waals surface area contributed by atoms with Crippen LogP contribution in [0.25, 0.3) is 0 Å². The topological polar surface area (TPSA) is 32.8 Å². The van der Waals surface area contributed by atoms with Crippen molar-refractivity contribution in [2.75, 3.05) is 39.3 Å². The molecular weight excluding hydrogens is 288 g/mol. The Hall–Kier alpha value is -1.39. The first kappa shape index (κ1) is 15.2. The Morgan fingerprint density at radius 3 is 2.70 bits per heavy atom. The van der Waals surface area contributed by atoms with E-state index >= 15 is 0 Å². The van der Waals surface area contributed by atoms with E-state index in [0.29, 0.717) is 6.10 Å². The van der Waals surface area contributed by atoms with Crippen LogP contribution < -0.4 is 0 Å². The molecule has 4 heteroatoms. The quantitative estimate of drug-likeness (QED) is 0.857. The van der Waals surface area contributed by atoms with Crippen LogP contribution in [0.15, 0.2) is 18.2 Å². The van der Waals surface area contributed by atoms with E-state index in [0.717, 1.165) is 51.3 Å². The molecule has 2 heterocycles. The minimum atomic E-state index is 0.205. The molecule has 2 aliphatic heterocycles. The monoisotopic (exact) mass is 314 g/mol. The minimum absolute atomic E-state index is 0.205. The highest BCUT2D eigenvalue weighted by Crippen LogP contribution is 2.23. The van der Waals surface area contributed by atoms with Crippen LogP contribution in [0, 0.1) is 0 Å². The zero-order valence-corrected chi connectivity index (χ0v) is 13.8. The number of hydrogen-bond acceptors (Lipinski definition) is 3. The smallest absolute Gasteiger partial charge is 0.253 e. The Labute approximate surface area is 138 Å². The number of hydrogen-bond donors (Lipinski definition) is 0. The molecule has 2 saturated heterocycles. The van der Waals surface area contributed by atoms with Gasteiger partial charge in [-0.05, 0) is 55.4 Å². The van der Waals surface area contributed by atoms with Crippen LogP contribution in [0.2, 0.25) is 0 Å². The van der Waals surface area contributed by atoms with Crippen molar-refractivity contribution >= 4 is 5.91 Å². The number of piperazine rings is 1. The Morgan fingerprint density at radius 2 is 1.91 bits per heavy atom. The fourth-order valence-electron chi connectivity index (χ4n) is 4.10. The molecule has 1 atom stereocenters. The standard InChI is InChI=1S/C19H26N2O2/c22-19(17-7-6-15-3-1-4-16(15)13-17)21-10-8-20(9-11-21)14-18-5-2-12-23-18/h6-7,13,18H,1-5,8-12,14H2/t18-/m0/s1. The highest BCUT2D eigenvalue weighted by Gasteiger charge is 2.26. The molecule has 1 aromatic carbocycles. The normalized spacial score (nSPS) is 24.9. The third-order valence-corrected chi connectivity index (χ3v) is 5.49. The second-order valence-corrected chi connectivity index (χ2v) is 7.06. The Morgan fingerprint density at radius 1 is 1.09 bits per heavy atom.